The van der Waals surface area contributed by atoms with Gasteiger partial charge in [-0.2, -0.15) is 0 Å². The van der Waals surface area contributed by atoms with Crippen LogP contribution in [0.5, 0.6) is 0 Å². The molecule has 3 rings (SSSR count). The number of aryl methyl sites for hydroxylation is 2. The summed E-state index contributed by atoms with van der Waals surface area (Å²) in [6.07, 6.45) is 0. The molecule has 0 bridgehead atoms. The first-order valence-electron chi connectivity index (χ1n) is 8.11. The van der Waals surface area contributed by atoms with Crippen LogP contribution in [0.2, 0.25) is 0 Å². The number of nitro groups is 1. The van der Waals surface area contributed by atoms with E-state index in [0.717, 1.165) is 22.7 Å². The lowest BCUT2D eigenvalue weighted by Crippen LogP contribution is -2.18. The molecule has 1 heterocycles. The number of anilines is 1. The molecular formula is C17H19N5O4S. The highest BCUT2D eigenvalue weighted by atomic mass is 32.2. The van der Waals surface area contributed by atoms with Crippen LogP contribution < -0.4 is 10.0 Å². The molecule has 0 aliphatic carbocycles. The average molecular weight is 389 g/mol. The van der Waals surface area contributed by atoms with E-state index in [9.17, 15) is 18.5 Å². The number of fused-ring (bicyclic) bond motifs is 1. The Hall–Kier alpha value is -2.98. The molecule has 27 heavy (non-hydrogen) atoms. The summed E-state index contributed by atoms with van der Waals surface area (Å²) in [6.45, 7) is 2.24. The maximum Gasteiger partial charge on any atom is 0.293 e. The molecule has 0 unspecified atom stereocenters. The van der Waals surface area contributed by atoms with E-state index in [1.807, 2.05) is 36.7 Å². The molecule has 0 aliphatic rings. The number of hydrogen-bond acceptors (Lipinski definition) is 6. The number of imidazole rings is 1. The maximum atomic E-state index is 11.9. The summed E-state index contributed by atoms with van der Waals surface area (Å²) in [7, 11) is -0.640. The first kappa shape index (κ1) is 18.8. The number of nitrogens with one attached hydrogen (secondary N) is 2. The molecule has 0 saturated heterocycles. The van der Waals surface area contributed by atoms with Gasteiger partial charge >= 0.3 is 0 Å². The summed E-state index contributed by atoms with van der Waals surface area (Å²) in [5.41, 5.74) is 2.80. The van der Waals surface area contributed by atoms with E-state index < -0.39 is 14.9 Å². The van der Waals surface area contributed by atoms with Gasteiger partial charge in [-0.1, -0.05) is 6.07 Å². The van der Waals surface area contributed by atoms with Crippen LogP contribution in [-0.2, 0) is 23.6 Å². The summed E-state index contributed by atoms with van der Waals surface area (Å²) in [6, 6.07) is 9.67. The van der Waals surface area contributed by atoms with Crippen LogP contribution >= 0.6 is 0 Å². The van der Waals surface area contributed by atoms with Gasteiger partial charge in [-0.25, -0.2) is 18.1 Å². The van der Waals surface area contributed by atoms with E-state index >= 15 is 0 Å². The van der Waals surface area contributed by atoms with Crippen molar-refractivity contribution >= 4 is 32.4 Å². The lowest BCUT2D eigenvalue weighted by molar-refractivity contribution is -0.384. The summed E-state index contributed by atoms with van der Waals surface area (Å²) >= 11 is 0. The van der Waals surface area contributed by atoms with Crippen molar-refractivity contribution in [2.24, 2.45) is 7.05 Å². The van der Waals surface area contributed by atoms with Crippen LogP contribution in [0.3, 0.4) is 0 Å². The SMILES string of the molecule is CNS(=O)(=O)c1ccc(NCc2nc3cc(C)ccc3n2C)c([N+](=O)[O-])c1. The highest BCUT2D eigenvalue weighted by Crippen LogP contribution is 2.28. The van der Waals surface area contributed by atoms with E-state index in [1.165, 1.54) is 19.2 Å². The predicted molar refractivity (Wildman–Crippen MR) is 102 cm³/mol. The third kappa shape index (κ3) is 3.62. The fraction of sp³-hybridized carbons (Fsp3) is 0.235. The van der Waals surface area contributed by atoms with E-state index in [1.54, 1.807) is 0 Å². The molecule has 0 radical (unpaired) electrons. The predicted octanol–water partition coefficient (Wildman–Crippen LogP) is 2.31. The molecule has 2 aromatic carbocycles. The summed E-state index contributed by atoms with van der Waals surface area (Å²) in [5.74, 6) is 0.705. The fourth-order valence-electron chi connectivity index (χ4n) is 2.79. The van der Waals surface area contributed by atoms with Crippen LogP contribution in [0.4, 0.5) is 11.4 Å². The highest BCUT2D eigenvalue weighted by Gasteiger charge is 2.20. The monoisotopic (exact) mass is 389 g/mol. The van der Waals surface area contributed by atoms with Crippen molar-refractivity contribution in [1.82, 2.24) is 14.3 Å². The van der Waals surface area contributed by atoms with Crippen molar-refractivity contribution in [3.05, 3.63) is 57.9 Å². The molecule has 0 amide bonds. The Balaban J connectivity index is 1.92. The van der Waals surface area contributed by atoms with Crippen LogP contribution in [-0.4, -0.2) is 29.9 Å². The molecule has 0 spiro atoms. The molecular weight excluding hydrogens is 370 g/mol. The van der Waals surface area contributed by atoms with Gasteiger partial charge < -0.3 is 9.88 Å². The molecule has 0 fully saturated rings. The minimum Gasteiger partial charge on any atom is -0.372 e. The third-order valence-corrected chi connectivity index (χ3v) is 5.72. The molecule has 9 nitrogen and oxygen atoms in total. The smallest absolute Gasteiger partial charge is 0.293 e. The topological polar surface area (TPSA) is 119 Å². The van der Waals surface area contributed by atoms with Crippen molar-refractivity contribution in [2.75, 3.05) is 12.4 Å². The number of hydrogen-bond donors (Lipinski definition) is 2. The third-order valence-electron chi connectivity index (χ3n) is 4.31. The molecule has 0 atom stereocenters. The van der Waals surface area contributed by atoms with Crippen LogP contribution in [0, 0.1) is 17.0 Å². The number of sulfonamides is 1. The second-order valence-electron chi connectivity index (χ2n) is 6.08. The van der Waals surface area contributed by atoms with Crippen molar-refractivity contribution < 1.29 is 13.3 Å². The number of aromatic nitrogens is 2. The number of rotatable bonds is 6. The fourth-order valence-corrected chi connectivity index (χ4v) is 3.54. The first-order valence-corrected chi connectivity index (χ1v) is 9.59. The minimum atomic E-state index is -3.76. The number of benzene rings is 2. The lowest BCUT2D eigenvalue weighted by Gasteiger charge is -2.09. The Morgan fingerprint density at radius 1 is 1.22 bits per heavy atom. The standard InChI is InChI=1S/C17H19N5O4S/c1-11-4-7-15-14(8-11)20-17(21(15)3)10-19-13-6-5-12(27(25,26)18-2)9-16(13)22(23)24/h4-9,18-19H,10H2,1-3H3. The molecule has 10 heteroatoms. The van der Waals surface area contributed by atoms with Crippen molar-refractivity contribution in [1.29, 1.82) is 0 Å². The van der Waals surface area contributed by atoms with Gasteiger partial charge in [0.1, 0.15) is 11.5 Å². The van der Waals surface area contributed by atoms with E-state index in [-0.39, 0.29) is 22.8 Å². The zero-order valence-corrected chi connectivity index (χ0v) is 15.9. The molecule has 0 saturated carbocycles. The van der Waals surface area contributed by atoms with E-state index in [4.69, 9.17) is 0 Å². The van der Waals surface area contributed by atoms with Gasteiger partial charge in [0, 0.05) is 13.1 Å². The largest absolute Gasteiger partial charge is 0.372 e. The van der Waals surface area contributed by atoms with Gasteiger partial charge in [-0.15, -0.1) is 0 Å². The average Bonchev–Trinajstić information content (AvgIpc) is 2.94. The molecule has 3 aromatic rings. The zero-order chi connectivity index (χ0) is 19.8. The molecule has 142 valence electrons. The Morgan fingerprint density at radius 2 is 1.96 bits per heavy atom. The van der Waals surface area contributed by atoms with E-state index in [2.05, 4.69) is 15.0 Å². The Bertz CT molecular complexity index is 1140. The highest BCUT2D eigenvalue weighted by molar-refractivity contribution is 7.89. The van der Waals surface area contributed by atoms with Gasteiger partial charge in [0.15, 0.2) is 0 Å². The number of nitro benzene ring substituents is 1. The Kier molecular flexibility index (Phi) is 4.85. The number of nitrogens with zero attached hydrogens (tertiary/aromatic N) is 3. The minimum absolute atomic E-state index is 0.166. The van der Waals surface area contributed by atoms with Crippen molar-refractivity contribution in [2.45, 2.75) is 18.4 Å². The van der Waals surface area contributed by atoms with Gasteiger partial charge in [0.05, 0.1) is 27.4 Å². The quantitative estimate of drug-likeness (QED) is 0.493. The van der Waals surface area contributed by atoms with Gasteiger partial charge in [-0.3, -0.25) is 10.1 Å². The normalized spacial score (nSPS) is 11.7. The summed E-state index contributed by atoms with van der Waals surface area (Å²) < 4.78 is 27.8. The second kappa shape index (κ2) is 6.97. The maximum absolute atomic E-state index is 11.9. The molecule has 0 aliphatic heterocycles. The first-order chi connectivity index (χ1) is 12.7. The zero-order valence-electron chi connectivity index (χ0n) is 15.1. The van der Waals surface area contributed by atoms with Gasteiger partial charge in [0.2, 0.25) is 10.0 Å². The summed E-state index contributed by atoms with van der Waals surface area (Å²) in [5, 5.41) is 14.4. The summed E-state index contributed by atoms with van der Waals surface area (Å²) in [4.78, 5) is 15.2. The van der Waals surface area contributed by atoms with Crippen molar-refractivity contribution in [3.8, 4) is 0 Å². The lowest BCUT2D eigenvalue weighted by atomic mass is 10.2. The molecule has 1 aromatic heterocycles. The van der Waals surface area contributed by atoms with Crippen LogP contribution in [0.15, 0.2) is 41.3 Å². The molecule has 2 N–H and O–H groups in total. The van der Waals surface area contributed by atoms with Gasteiger partial charge in [0.25, 0.3) is 5.69 Å². The van der Waals surface area contributed by atoms with Crippen LogP contribution in [0.25, 0.3) is 11.0 Å². The van der Waals surface area contributed by atoms with Crippen molar-refractivity contribution in [3.63, 3.8) is 0 Å². The Morgan fingerprint density at radius 3 is 2.63 bits per heavy atom. The second-order valence-corrected chi connectivity index (χ2v) is 7.96. The van der Waals surface area contributed by atoms with E-state index in [0.29, 0.717) is 5.82 Å². The van der Waals surface area contributed by atoms with Crippen LogP contribution in [0.1, 0.15) is 11.4 Å². The Labute approximate surface area is 156 Å². The van der Waals surface area contributed by atoms with Gasteiger partial charge in [-0.05, 0) is 43.8 Å².